The van der Waals surface area contributed by atoms with Crippen LogP contribution in [0.1, 0.15) is 25.3 Å². The van der Waals surface area contributed by atoms with E-state index >= 15 is 0 Å². The average molecular weight is 352 g/mol. The lowest BCUT2D eigenvalue weighted by atomic mass is 10.0. The highest BCUT2D eigenvalue weighted by Crippen LogP contribution is 2.21. The molecule has 3 nitrogen and oxygen atoms in total. The first-order valence-corrected chi connectivity index (χ1v) is 9.56. The summed E-state index contributed by atoms with van der Waals surface area (Å²) < 4.78 is 3.52. The summed E-state index contributed by atoms with van der Waals surface area (Å²) in [6.45, 7) is 6.41. The zero-order valence-corrected chi connectivity index (χ0v) is 15.6. The molecule has 0 amide bonds. The molecule has 0 fully saturated rings. The lowest BCUT2D eigenvalue weighted by Gasteiger charge is -2.17. The van der Waals surface area contributed by atoms with Crippen molar-refractivity contribution in [3.05, 3.63) is 72.6 Å². The van der Waals surface area contributed by atoms with Crippen LogP contribution in [-0.2, 0) is 0 Å². The van der Waals surface area contributed by atoms with E-state index in [1.807, 2.05) is 12.4 Å². The van der Waals surface area contributed by atoms with Crippen molar-refractivity contribution in [2.45, 2.75) is 30.7 Å². The van der Waals surface area contributed by atoms with Gasteiger partial charge < -0.3 is 5.32 Å². The summed E-state index contributed by atoms with van der Waals surface area (Å²) in [6, 6.07) is 19.6. The van der Waals surface area contributed by atoms with Gasteiger partial charge in [-0.25, -0.2) is 0 Å². The van der Waals surface area contributed by atoms with Gasteiger partial charge in [0.15, 0.2) is 0 Å². The molecule has 25 heavy (non-hydrogen) atoms. The maximum absolute atomic E-state index is 4.16. The van der Waals surface area contributed by atoms with Gasteiger partial charge in [0.25, 0.3) is 0 Å². The van der Waals surface area contributed by atoms with Crippen LogP contribution in [0.25, 0.3) is 10.8 Å². The largest absolute Gasteiger partial charge is 0.315 e. The van der Waals surface area contributed by atoms with Gasteiger partial charge in [0.05, 0.1) is 0 Å². The molecule has 0 aliphatic carbocycles. The molecule has 2 atom stereocenters. The van der Waals surface area contributed by atoms with Crippen LogP contribution in [0, 0.1) is 0 Å². The number of aromatic nitrogens is 1. The Morgan fingerprint density at radius 1 is 0.960 bits per heavy atom. The molecule has 4 heteroatoms. The molecular weight excluding hydrogens is 326 g/mol. The minimum atomic E-state index is 0.390. The van der Waals surface area contributed by atoms with E-state index in [2.05, 4.69) is 83.5 Å². The average Bonchev–Trinajstić information content (AvgIpc) is 2.67. The molecule has 0 spiro atoms. The molecule has 1 aromatic heterocycles. The first-order chi connectivity index (χ1) is 12.2. The van der Waals surface area contributed by atoms with Crippen molar-refractivity contribution in [2.75, 3.05) is 13.1 Å². The predicted octanol–water partition coefficient (Wildman–Crippen LogP) is 4.61. The van der Waals surface area contributed by atoms with Gasteiger partial charge in [-0.3, -0.25) is 9.71 Å². The summed E-state index contributed by atoms with van der Waals surface area (Å²) in [7, 11) is 0. The highest BCUT2D eigenvalue weighted by atomic mass is 32.2. The highest BCUT2D eigenvalue weighted by molar-refractivity contribution is 7.97. The second-order valence-electron chi connectivity index (χ2n) is 6.48. The number of hydrogen-bond donors (Lipinski definition) is 2. The van der Waals surface area contributed by atoms with Gasteiger partial charge in [-0.1, -0.05) is 43.3 Å². The third-order valence-corrected chi connectivity index (χ3v) is 5.27. The van der Waals surface area contributed by atoms with Gasteiger partial charge in [0.1, 0.15) is 0 Å². The van der Waals surface area contributed by atoms with Gasteiger partial charge in [0.2, 0.25) is 0 Å². The molecule has 0 saturated carbocycles. The van der Waals surface area contributed by atoms with Gasteiger partial charge in [-0.2, -0.15) is 0 Å². The molecule has 0 aliphatic heterocycles. The van der Waals surface area contributed by atoms with Gasteiger partial charge in [-0.15, -0.1) is 0 Å². The van der Waals surface area contributed by atoms with Crippen LogP contribution in [-0.4, -0.2) is 24.1 Å². The van der Waals surface area contributed by atoms with E-state index in [1.54, 1.807) is 11.9 Å². The quantitative estimate of drug-likeness (QED) is 0.581. The number of nitrogens with one attached hydrogen (secondary N) is 2. The van der Waals surface area contributed by atoms with Gasteiger partial charge in [-0.05, 0) is 53.9 Å². The molecule has 2 N–H and O–H groups in total. The van der Waals surface area contributed by atoms with Crippen molar-refractivity contribution in [2.24, 2.45) is 0 Å². The van der Waals surface area contributed by atoms with Crippen LogP contribution < -0.4 is 10.0 Å². The second kappa shape index (κ2) is 8.99. The number of pyridine rings is 1. The van der Waals surface area contributed by atoms with E-state index in [0.29, 0.717) is 12.0 Å². The Morgan fingerprint density at radius 2 is 1.80 bits per heavy atom. The summed E-state index contributed by atoms with van der Waals surface area (Å²) in [4.78, 5) is 5.38. The number of hydrogen-bond acceptors (Lipinski definition) is 4. The van der Waals surface area contributed by atoms with E-state index in [9.17, 15) is 0 Å². The number of fused-ring (bicyclic) bond motifs is 1. The molecular formula is C21H25N3S. The molecule has 3 aromatic rings. The highest BCUT2D eigenvalue weighted by Gasteiger charge is 2.07. The molecule has 0 aliphatic rings. The first kappa shape index (κ1) is 17.9. The van der Waals surface area contributed by atoms with Crippen LogP contribution in [0.3, 0.4) is 0 Å². The van der Waals surface area contributed by atoms with Gasteiger partial charge in [0, 0.05) is 41.8 Å². The number of nitrogens with zero attached hydrogens (tertiary/aromatic N) is 1. The maximum Gasteiger partial charge on any atom is 0.0346 e. The number of benzene rings is 2. The molecule has 0 bridgehead atoms. The zero-order chi connectivity index (χ0) is 17.5. The SMILES string of the molecule is C[C@H](CNC[C@@H](C)c1ccccc1)NSc1ccc2cnccc2c1. The Morgan fingerprint density at radius 3 is 2.64 bits per heavy atom. The lowest BCUT2D eigenvalue weighted by Crippen LogP contribution is -2.34. The van der Waals surface area contributed by atoms with E-state index < -0.39 is 0 Å². The second-order valence-corrected chi connectivity index (χ2v) is 7.39. The minimum Gasteiger partial charge on any atom is -0.315 e. The fourth-order valence-electron chi connectivity index (χ4n) is 2.75. The van der Waals surface area contributed by atoms with E-state index in [-0.39, 0.29) is 0 Å². The van der Waals surface area contributed by atoms with Crippen molar-refractivity contribution in [3.8, 4) is 0 Å². The Kier molecular flexibility index (Phi) is 6.45. The predicted molar refractivity (Wildman–Crippen MR) is 108 cm³/mol. The van der Waals surface area contributed by atoms with Crippen molar-refractivity contribution < 1.29 is 0 Å². The fourth-order valence-corrected chi connectivity index (χ4v) is 3.49. The topological polar surface area (TPSA) is 37.0 Å². The van der Waals surface area contributed by atoms with Crippen molar-refractivity contribution in [1.82, 2.24) is 15.0 Å². The molecule has 0 unspecified atom stereocenters. The zero-order valence-electron chi connectivity index (χ0n) is 14.8. The van der Waals surface area contributed by atoms with Crippen molar-refractivity contribution >= 4 is 22.7 Å². The maximum atomic E-state index is 4.16. The first-order valence-electron chi connectivity index (χ1n) is 8.74. The Balaban J connectivity index is 1.42. The molecule has 1 heterocycles. The van der Waals surface area contributed by atoms with Crippen molar-refractivity contribution in [1.29, 1.82) is 0 Å². The molecule has 3 rings (SSSR count). The van der Waals surface area contributed by atoms with Crippen LogP contribution >= 0.6 is 11.9 Å². The summed E-state index contributed by atoms with van der Waals surface area (Å²) in [5, 5.41) is 5.97. The Hall–Kier alpha value is -1.88. The Labute approximate surface area is 154 Å². The molecule has 0 saturated heterocycles. The smallest absolute Gasteiger partial charge is 0.0346 e. The van der Waals surface area contributed by atoms with Crippen LogP contribution in [0.15, 0.2) is 71.9 Å². The summed E-state index contributed by atoms with van der Waals surface area (Å²) >= 11 is 1.69. The van der Waals surface area contributed by atoms with Crippen LogP contribution in [0.2, 0.25) is 0 Å². The molecule has 2 aromatic carbocycles. The Bertz CT molecular complexity index is 791. The van der Waals surface area contributed by atoms with Crippen LogP contribution in [0.5, 0.6) is 0 Å². The third-order valence-electron chi connectivity index (χ3n) is 4.26. The fraction of sp³-hybridized carbons (Fsp3) is 0.286. The third kappa shape index (κ3) is 5.30. The minimum absolute atomic E-state index is 0.390. The molecule has 130 valence electrons. The van der Waals surface area contributed by atoms with E-state index in [0.717, 1.165) is 13.1 Å². The monoisotopic (exact) mass is 351 g/mol. The van der Waals surface area contributed by atoms with E-state index in [4.69, 9.17) is 0 Å². The van der Waals surface area contributed by atoms with E-state index in [1.165, 1.54) is 21.2 Å². The number of rotatable bonds is 8. The van der Waals surface area contributed by atoms with Crippen LogP contribution in [0.4, 0.5) is 0 Å². The standard InChI is InChI=1S/C21H25N3S/c1-16(18-6-4-3-5-7-18)13-23-14-17(2)24-25-21-9-8-20-15-22-11-10-19(20)12-21/h3-12,15-17,23-24H,13-14H2,1-2H3/t16-,17-/m1/s1. The summed E-state index contributed by atoms with van der Waals surface area (Å²) in [5.74, 6) is 0.523. The normalized spacial score (nSPS) is 13.7. The summed E-state index contributed by atoms with van der Waals surface area (Å²) in [6.07, 6.45) is 3.74. The summed E-state index contributed by atoms with van der Waals surface area (Å²) in [5.41, 5.74) is 1.38. The lowest BCUT2D eigenvalue weighted by molar-refractivity contribution is 0.554. The van der Waals surface area contributed by atoms with Gasteiger partial charge >= 0.3 is 0 Å². The van der Waals surface area contributed by atoms with Crippen molar-refractivity contribution in [3.63, 3.8) is 0 Å². The molecule has 0 radical (unpaired) electrons.